The van der Waals surface area contributed by atoms with Gasteiger partial charge in [0.1, 0.15) is 10.9 Å². The summed E-state index contributed by atoms with van der Waals surface area (Å²) in [5.74, 6) is -0.390. The molecule has 8 nitrogen and oxygen atoms in total. The SMILES string of the molecule is C=CCCN1CC(OC(=O)CCCCCCCC)[N+]([O-])(c2ncc(S(C)(=O)=O)s2)C1. The molecule has 1 aliphatic rings. The van der Waals surface area contributed by atoms with Crippen LogP contribution in [0.25, 0.3) is 0 Å². The average Bonchev–Trinajstić information content (AvgIpc) is 3.29. The van der Waals surface area contributed by atoms with Crippen molar-refractivity contribution in [2.75, 3.05) is 26.0 Å². The first kappa shape index (κ1) is 24.9. The number of hydrogen-bond acceptors (Lipinski definition) is 8. The maximum atomic E-state index is 13.7. The van der Waals surface area contributed by atoms with Crippen molar-refractivity contribution in [2.24, 2.45) is 0 Å². The number of nitrogens with zero attached hydrogens (tertiary/aromatic N) is 3. The lowest BCUT2D eigenvalue weighted by molar-refractivity contribution is -0.153. The van der Waals surface area contributed by atoms with Crippen LogP contribution in [0, 0.1) is 5.21 Å². The maximum absolute atomic E-state index is 13.7. The van der Waals surface area contributed by atoms with E-state index in [-0.39, 0.29) is 34.9 Å². The molecular formula is C20H33N3O5S2. The van der Waals surface area contributed by atoms with Crippen molar-refractivity contribution in [3.05, 3.63) is 24.1 Å². The summed E-state index contributed by atoms with van der Waals surface area (Å²) in [7, 11) is -3.46. The predicted octanol–water partition coefficient (Wildman–Crippen LogP) is 3.82. The summed E-state index contributed by atoms with van der Waals surface area (Å²) in [5, 5.41) is 13.8. The second kappa shape index (κ2) is 11.3. The molecular weight excluding hydrogens is 426 g/mol. The van der Waals surface area contributed by atoms with Gasteiger partial charge in [-0.15, -0.1) is 6.58 Å². The van der Waals surface area contributed by atoms with Gasteiger partial charge in [0.25, 0.3) is 11.4 Å². The van der Waals surface area contributed by atoms with Crippen molar-refractivity contribution in [3.8, 4) is 0 Å². The molecule has 0 aliphatic carbocycles. The highest BCUT2D eigenvalue weighted by Crippen LogP contribution is 2.36. The Morgan fingerprint density at radius 2 is 2.10 bits per heavy atom. The van der Waals surface area contributed by atoms with Gasteiger partial charge in [0.05, 0.1) is 12.7 Å². The van der Waals surface area contributed by atoms with E-state index in [9.17, 15) is 18.4 Å². The van der Waals surface area contributed by atoms with Gasteiger partial charge in [-0.1, -0.05) is 45.1 Å². The van der Waals surface area contributed by atoms with E-state index in [0.29, 0.717) is 13.0 Å². The standard InChI is InChI=1S/C20H33N3O5S2/c1-4-6-8-9-10-11-12-18(24)28-17-15-22(13-7-5-2)16-23(17,25)20-21-14-19(29-20)30(3,26)27/h5,14,17H,2,4,6-13,15-16H2,1,3H3. The zero-order valence-corrected chi connectivity index (χ0v) is 19.5. The topological polar surface area (TPSA) is 99.6 Å². The summed E-state index contributed by atoms with van der Waals surface area (Å²) in [6.07, 6.45) is 10.4. The average molecular weight is 460 g/mol. The van der Waals surface area contributed by atoms with Crippen molar-refractivity contribution < 1.29 is 17.9 Å². The number of aromatic nitrogens is 1. The van der Waals surface area contributed by atoms with Crippen LogP contribution in [0.15, 0.2) is 23.1 Å². The number of ether oxygens (including phenoxy) is 1. The summed E-state index contributed by atoms with van der Waals surface area (Å²) < 4.78 is 28.2. The van der Waals surface area contributed by atoms with Gasteiger partial charge >= 0.3 is 5.97 Å². The molecule has 0 spiro atoms. The molecule has 2 atom stereocenters. The minimum atomic E-state index is -3.46. The molecule has 1 fully saturated rings. The van der Waals surface area contributed by atoms with Gasteiger partial charge in [0.2, 0.25) is 0 Å². The van der Waals surface area contributed by atoms with Crippen LogP contribution in [0.4, 0.5) is 5.13 Å². The number of hydrogen-bond donors (Lipinski definition) is 0. The number of rotatable bonds is 13. The Morgan fingerprint density at radius 1 is 1.40 bits per heavy atom. The molecule has 2 rings (SSSR count). The lowest BCUT2D eigenvalue weighted by Crippen LogP contribution is -2.50. The minimum absolute atomic E-state index is 0.0348. The molecule has 0 aromatic carbocycles. The molecule has 0 bridgehead atoms. The first-order chi connectivity index (χ1) is 14.2. The van der Waals surface area contributed by atoms with Crippen LogP contribution in [0.5, 0.6) is 0 Å². The molecule has 1 aliphatic heterocycles. The highest BCUT2D eigenvalue weighted by molar-refractivity contribution is 7.92. The molecule has 1 saturated heterocycles. The monoisotopic (exact) mass is 459 g/mol. The van der Waals surface area contributed by atoms with E-state index in [1.165, 1.54) is 25.5 Å². The third kappa shape index (κ3) is 6.84. The third-order valence-corrected chi connectivity index (χ3v) is 8.00. The molecule has 2 heterocycles. The minimum Gasteiger partial charge on any atom is -0.622 e. The number of hydroxylamine groups is 2. The normalized spacial score (nSPS) is 22.3. The first-order valence-electron chi connectivity index (χ1n) is 10.5. The Labute approximate surface area is 183 Å². The van der Waals surface area contributed by atoms with E-state index in [1.807, 2.05) is 4.90 Å². The molecule has 30 heavy (non-hydrogen) atoms. The Balaban J connectivity index is 2.05. The van der Waals surface area contributed by atoms with Crippen molar-refractivity contribution in [1.82, 2.24) is 14.5 Å². The van der Waals surface area contributed by atoms with Gasteiger partial charge in [0.15, 0.2) is 9.84 Å². The molecule has 0 amide bonds. The van der Waals surface area contributed by atoms with Crippen LogP contribution in [-0.2, 0) is 19.4 Å². The zero-order chi connectivity index (χ0) is 22.2. The maximum Gasteiger partial charge on any atom is 0.310 e. The van der Waals surface area contributed by atoms with E-state index in [0.717, 1.165) is 36.9 Å². The van der Waals surface area contributed by atoms with Crippen LogP contribution in [0.3, 0.4) is 0 Å². The summed E-state index contributed by atoms with van der Waals surface area (Å²) in [6, 6.07) is 0. The molecule has 170 valence electrons. The smallest absolute Gasteiger partial charge is 0.310 e. The molecule has 1 aromatic heterocycles. The van der Waals surface area contributed by atoms with Crippen LogP contribution in [0.2, 0.25) is 0 Å². The Morgan fingerprint density at radius 3 is 2.73 bits per heavy atom. The number of sulfone groups is 1. The zero-order valence-electron chi connectivity index (χ0n) is 17.9. The quantitative estimate of drug-likeness (QED) is 0.145. The van der Waals surface area contributed by atoms with Gasteiger partial charge < -0.3 is 9.94 Å². The summed E-state index contributed by atoms with van der Waals surface area (Å²) in [6.45, 7) is 6.81. The van der Waals surface area contributed by atoms with Gasteiger partial charge in [0, 0.05) is 19.2 Å². The van der Waals surface area contributed by atoms with E-state index in [1.54, 1.807) is 6.08 Å². The second-order valence-corrected chi connectivity index (χ2v) is 11.0. The number of carbonyl (C=O) groups is 1. The number of thiazole rings is 1. The van der Waals surface area contributed by atoms with Crippen LogP contribution in [-0.4, -0.2) is 56.5 Å². The Kier molecular flexibility index (Phi) is 9.42. The molecule has 0 N–H and O–H groups in total. The lowest BCUT2D eigenvalue weighted by atomic mass is 10.1. The van der Waals surface area contributed by atoms with Crippen molar-refractivity contribution in [3.63, 3.8) is 0 Å². The van der Waals surface area contributed by atoms with Gasteiger partial charge in [-0.2, -0.15) is 4.98 Å². The number of unbranched alkanes of at least 4 members (excludes halogenated alkanes) is 5. The molecule has 2 unspecified atom stereocenters. The van der Waals surface area contributed by atoms with Gasteiger partial charge in [-0.3, -0.25) is 9.44 Å². The largest absolute Gasteiger partial charge is 0.622 e. The van der Waals surface area contributed by atoms with Crippen molar-refractivity contribution >= 4 is 32.3 Å². The number of carbonyl (C=O) groups excluding carboxylic acids is 1. The summed E-state index contributed by atoms with van der Waals surface area (Å²) in [5.41, 5.74) is 0. The molecule has 10 heteroatoms. The second-order valence-electron chi connectivity index (χ2n) is 7.79. The van der Waals surface area contributed by atoms with E-state index in [2.05, 4.69) is 18.5 Å². The molecule has 1 aromatic rings. The van der Waals surface area contributed by atoms with Crippen molar-refractivity contribution in [1.29, 1.82) is 0 Å². The highest BCUT2D eigenvalue weighted by atomic mass is 32.2. The summed E-state index contributed by atoms with van der Waals surface area (Å²) >= 11 is 0.844. The van der Waals surface area contributed by atoms with Crippen LogP contribution < -0.4 is 4.65 Å². The van der Waals surface area contributed by atoms with Crippen LogP contribution in [0.1, 0.15) is 58.3 Å². The van der Waals surface area contributed by atoms with E-state index < -0.39 is 20.7 Å². The first-order valence-corrected chi connectivity index (χ1v) is 13.2. The molecule has 0 saturated carbocycles. The number of esters is 1. The van der Waals surface area contributed by atoms with Crippen molar-refractivity contribution in [2.45, 2.75) is 68.7 Å². The van der Waals surface area contributed by atoms with Crippen LogP contribution >= 0.6 is 11.3 Å². The van der Waals surface area contributed by atoms with Gasteiger partial charge in [-0.05, 0) is 24.2 Å². The Hall–Kier alpha value is -1.33. The Bertz CT molecular complexity index is 811. The fourth-order valence-corrected chi connectivity index (χ4v) is 5.19. The lowest BCUT2D eigenvalue weighted by Gasteiger charge is -2.38. The van der Waals surface area contributed by atoms with E-state index in [4.69, 9.17) is 4.74 Å². The third-order valence-electron chi connectivity index (χ3n) is 5.10. The molecule has 0 radical (unpaired) electrons. The predicted molar refractivity (Wildman–Crippen MR) is 120 cm³/mol. The number of quaternary nitrogens is 1. The summed E-state index contributed by atoms with van der Waals surface area (Å²) in [4.78, 5) is 18.3. The fourth-order valence-electron chi connectivity index (χ4n) is 3.40. The fraction of sp³-hybridized carbons (Fsp3) is 0.700. The van der Waals surface area contributed by atoms with Gasteiger partial charge in [-0.25, -0.2) is 13.3 Å². The highest BCUT2D eigenvalue weighted by Gasteiger charge is 2.46. The van der Waals surface area contributed by atoms with E-state index >= 15 is 0 Å².